The Labute approximate surface area is 167 Å². The molecule has 0 aliphatic heterocycles. The van der Waals surface area contributed by atoms with Gasteiger partial charge in [0.15, 0.2) is 12.4 Å². The van der Waals surface area contributed by atoms with E-state index in [1.54, 1.807) is 18.2 Å². The summed E-state index contributed by atoms with van der Waals surface area (Å²) in [7, 11) is 0. The Morgan fingerprint density at radius 1 is 0.966 bits per heavy atom. The van der Waals surface area contributed by atoms with Crippen LogP contribution in [0, 0.1) is 6.92 Å². The Morgan fingerprint density at radius 2 is 1.66 bits per heavy atom. The number of carbonyl (C=O) groups excluding carboxylic acids is 1. The van der Waals surface area contributed by atoms with Gasteiger partial charge in [0.25, 0.3) is 5.91 Å². The van der Waals surface area contributed by atoms with Crippen molar-refractivity contribution in [1.82, 2.24) is 0 Å². The van der Waals surface area contributed by atoms with Gasteiger partial charge in [0.2, 0.25) is 11.2 Å². The van der Waals surface area contributed by atoms with E-state index in [9.17, 15) is 9.59 Å². The lowest BCUT2D eigenvalue weighted by molar-refractivity contribution is -0.118. The molecule has 4 aromatic rings. The fraction of sp³-hybridized carbons (Fsp3) is 0.0833. The molecular weight excluding hydrogens is 366 g/mol. The lowest BCUT2D eigenvalue weighted by Crippen LogP contribution is -2.22. The van der Waals surface area contributed by atoms with Gasteiger partial charge < -0.3 is 14.5 Å². The summed E-state index contributed by atoms with van der Waals surface area (Å²) in [5.41, 5.74) is 2.51. The van der Waals surface area contributed by atoms with Gasteiger partial charge >= 0.3 is 0 Å². The van der Waals surface area contributed by atoms with Crippen molar-refractivity contribution in [2.75, 3.05) is 11.9 Å². The third kappa shape index (κ3) is 4.04. The highest BCUT2D eigenvalue weighted by Gasteiger charge is 2.19. The number of fused-ring (bicyclic) bond motifs is 1. The van der Waals surface area contributed by atoms with Gasteiger partial charge in [-0.1, -0.05) is 54.6 Å². The molecule has 5 heteroatoms. The van der Waals surface area contributed by atoms with E-state index < -0.39 is 0 Å². The molecular formula is C24H19NO4. The quantitative estimate of drug-likeness (QED) is 0.536. The number of nitrogens with one attached hydrogen (secondary N) is 1. The van der Waals surface area contributed by atoms with Gasteiger partial charge in [-0.05, 0) is 36.8 Å². The number of benzene rings is 3. The van der Waals surface area contributed by atoms with E-state index in [0.29, 0.717) is 28.0 Å². The fourth-order valence-corrected chi connectivity index (χ4v) is 3.05. The van der Waals surface area contributed by atoms with Gasteiger partial charge in [0, 0.05) is 11.3 Å². The van der Waals surface area contributed by atoms with Crippen LogP contribution < -0.4 is 15.5 Å². The minimum Gasteiger partial charge on any atom is -0.476 e. The largest absolute Gasteiger partial charge is 0.476 e. The molecule has 5 nitrogen and oxygen atoms in total. The Hall–Kier alpha value is -3.86. The molecule has 0 spiro atoms. The smallest absolute Gasteiger partial charge is 0.262 e. The van der Waals surface area contributed by atoms with E-state index in [-0.39, 0.29) is 23.7 Å². The van der Waals surface area contributed by atoms with E-state index in [4.69, 9.17) is 9.15 Å². The van der Waals surface area contributed by atoms with Crippen LogP contribution in [0.25, 0.3) is 22.3 Å². The molecule has 0 aliphatic rings. The van der Waals surface area contributed by atoms with Crippen LogP contribution in [-0.2, 0) is 4.79 Å². The summed E-state index contributed by atoms with van der Waals surface area (Å²) in [6.07, 6.45) is 0. The zero-order chi connectivity index (χ0) is 20.2. The van der Waals surface area contributed by atoms with Crippen LogP contribution in [0.15, 0.2) is 88.1 Å². The first-order chi connectivity index (χ1) is 14.1. The van der Waals surface area contributed by atoms with Crippen molar-refractivity contribution < 1.29 is 13.9 Å². The van der Waals surface area contributed by atoms with Crippen molar-refractivity contribution in [2.45, 2.75) is 6.92 Å². The number of hydrogen-bond donors (Lipinski definition) is 1. The number of carbonyl (C=O) groups is 1. The van der Waals surface area contributed by atoms with Crippen LogP contribution in [-0.4, -0.2) is 12.5 Å². The van der Waals surface area contributed by atoms with Crippen molar-refractivity contribution in [3.8, 4) is 17.1 Å². The molecule has 4 rings (SSSR count). The molecule has 0 aliphatic carbocycles. The summed E-state index contributed by atoms with van der Waals surface area (Å²) in [5, 5.41) is 3.15. The number of para-hydroxylation sites is 1. The highest BCUT2D eigenvalue weighted by molar-refractivity contribution is 5.92. The first kappa shape index (κ1) is 18.5. The molecule has 29 heavy (non-hydrogen) atoms. The van der Waals surface area contributed by atoms with Gasteiger partial charge in [0.1, 0.15) is 5.58 Å². The number of amides is 1. The Morgan fingerprint density at radius 3 is 2.38 bits per heavy atom. The molecule has 1 N–H and O–H groups in total. The normalized spacial score (nSPS) is 10.7. The number of ether oxygens (including phenoxy) is 1. The summed E-state index contributed by atoms with van der Waals surface area (Å²) in [5.74, 6) is -0.0319. The molecule has 0 fully saturated rings. The third-order valence-electron chi connectivity index (χ3n) is 4.45. The lowest BCUT2D eigenvalue weighted by Gasteiger charge is -2.12. The molecule has 0 bridgehead atoms. The number of hydrogen-bond acceptors (Lipinski definition) is 4. The predicted octanol–water partition coefficient (Wildman–Crippen LogP) is 4.79. The number of aryl methyl sites for hydroxylation is 1. The minimum absolute atomic E-state index is 0.0239. The van der Waals surface area contributed by atoms with Crippen molar-refractivity contribution in [2.24, 2.45) is 0 Å². The summed E-state index contributed by atoms with van der Waals surface area (Å²) < 4.78 is 11.7. The second-order valence-electron chi connectivity index (χ2n) is 6.66. The first-order valence-corrected chi connectivity index (χ1v) is 9.22. The topological polar surface area (TPSA) is 68.5 Å². The van der Waals surface area contributed by atoms with Gasteiger partial charge in [-0.2, -0.15) is 0 Å². The first-order valence-electron chi connectivity index (χ1n) is 9.22. The standard InChI is InChI=1S/C24H19NO4/c1-16-12-13-19-20(14-16)29-23(17-8-4-2-5-9-17)24(22(19)27)28-15-21(26)25-18-10-6-3-7-11-18/h2-14H,15H2,1H3,(H,25,26). The van der Waals surface area contributed by atoms with Crippen molar-refractivity contribution in [1.29, 1.82) is 0 Å². The zero-order valence-corrected chi connectivity index (χ0v) is 15.8. The molecule has 1 amide bonds. The fourth-order valence-electron chi connectivity index (χ4n) is 3.05. The molecule has 1 heterocycles. The highest BCUT2D eigenvalue weighted by atomic mass is 16.5. The highest BCUT2D eigenvalue weighted by Crippen LogP contribution is 2.31. The minimum atomic E-state index is -0.362. The van der Waals surface area contributed by atoms with E-state index in [1.165, 1.54) is 0 Å². The second kappa shape index (κ2) is 8.02. The summed E-state index contributed by atoms with van der Waals surface area (Å²) in [4.78, 5) is 25.4. The van der Waals surface area contributed by atoms with Crippen molar-refractivity contribution >= 4 is 22.6 Å². The maximum Gasteiger partial charge on any atom is 0.262 e. The SMILES string of the molecule is Cc1ccc2c(=O)c(OCC(=O)Nc3ccccc3)c(-c3ccccc3)oc2c1. The lowest BCUT2D eigenvalue weighted by atomic mass is 10.1. The molecule has 0 saturated carbocycles. The summed E-state index contributed by atoms with van der Waals surface area (Å²) in [6, 6.07) is 23.7. The van der Waals surface area contributed by atoms with Crippen molar-refractivity contribution in [3.05, 3.63) is 94.6 Å². The Balaban J connectivity index is 1.70. The second-order valence-corrected chi connectivity index (χ2v) is 6.66. The van der Waals surface area contributed by atoms with Crippen LogP contribution in [0.1, 0.15) is 5.56 Å². The predicted molar refractivity (Wildman–Crippen MR) is 113 cm³/mol. The van der Waals surface area contributed by atoms with E-state index in [2.05, 4.69) is 5.32 Å². The molecule has 0 saturated heterocycles. The average molecular weight is 385 g/mol. The molecule has 1 aromatic heterocycles. The van der Waals surface area contributed by atoms with E-state index >= 15 is 0 Å². The van der Waals surface area contributed by atoms with Gasteiger partial charge in [-0.3, -0.25) is 9.59 Å². The molecule has 144 valence electrons. The average Bonchev–Trinajstić information content (AvgIpc) is 2.74. The van der Waals surface area contributed by atoms with Crippen LogP contribution >= 0.6 is 0 Å². The monoisotopic (exact) mass is 385 g/mol. The van der Waals surface area contributed by atoms with Crippen LogP contribution in [0.4, 0.5) is 5.69 Å². The van der Waals surface area contributed by atoms with Crippen molar-refractivity contribution in [3.63, 3.8) is 0 Å². The summed E-state index contributed by atoms with van der Waals surface area (Å²) in [6.45, 7) is 1.62. The molecule has 0 atom stereocenters. The molecule has 0 radical (unpaired) electrons. The third-order valence-corrected chi connectivity index (χ3v) is 4.45. The number of rotatable bonds is 5. The molecule has 0 unspecified atom stereocenters. The van der Waals surface area contributed by atoms with E-state index in [0.717, 1.165) is 5.56 Å². The zero-order valence-electron chi connectivity index (χ0n) is 15.8. The van der Waals surface area contributed by atoms with Gasteiger partial charge in [-0.25, -0.2) is 0 Å². The maximum absolute atomic E-state index is 13.1. The maximum atomic E-state index is 13.1. The number of anilines is 1. The van der Waals surface area contributed by atoms with Crippen LogP contribution in [0.2, 0.25) is 0 Å². The summed E-state index contributed by atoms with van der Waals surface area (Å²) >= 11 is 0. The Bertz CT molecular complexity index is 1210. The Kier molecular flexibility index (Phi) is 5.12. The van der Waals surface area contributed by atoms with Gasteiger partial charge in [0.05, 0.1) is 5.39 Å². The van der Waals surface area contributed by atoms with Crippen LogP contribution in [0.5, 0.6) is 5.75 Å². The van der Waals surface area contributed by atoms with Gasteiger partial charge in [-0.15, -0.1) is 0 Å². The van der Waals surface area contributed by atoms with E-state index in [1.807, 2.05) is 67.6 Å². The molecule has 3 aromatic carbocycles. The van der Waals surface area contributed by atoms with Crippen LogP contribution in [0.3, 0.4) is 0 Å².